The van der Waals surface area contributed by atoms with Crippen LogP contribution in [-0.2, 0) is 6.54 Å². The van der Waals surface area contributed by atoms with Crippen molar-refractivity contribution in [3.8, 4) is 0 Å². The minimum Gasteiger partial charge on any atom is -0.350 e. The van der Waals surface area contributed by atoms with E-state index in [2.05, 4.69) is 20.6 Å². The van der Waals surface area contributed by atoms with Gasteiger partial charge in [0.2, 0.25) is 5.95 Å². The van der Waals surface area contributed by atoms with Crippen molar-refractivity contribution >= 4 is 40.7 Å². The Labute approximate surface area is 159 Å². The number of carbonyl (C=O) groups excluding carboxylic acids is 1. The van der Waals surface area contributed by atoms with E-state index in [1.807, 2.05) is 0 Å². The number of carbonyl (C=O) groups is 1. The molecule has 0 aliphatic rings. The Kier molecular flexibility index (Phi) is 5.65. The second-order valence-corrected chi connectivity index (χ2v) is 6.20. The Morgan fingerprint density at radius 3 is 2.38 bits per heavy atom. The van der Waals surface area contributed by atoms with Crippen molar-refractivity contribution in [3.63, 3.8) is 0 Å². The van der Waals surface area contributed by atoms with Gasteiger partial charge in [0.25, 0.3) is 5.91 Å². The van der Waals surface area contributed by atoms with Crippen molar-refractivity contribution < 1.29 is 9.18 Å². The number of hydrogen-bond donors (Lipinski definition) is 2. The summed E-state index contributed by atoms with van der Waals surface area (Å²) >= 11 is 11.9. The number of hydrogen-bond acceptors (Lipinski definition) is 4. The molecule has 132 valence electrons. The highest BCUT2D eigenvalue weighted by Gasteiger charge is 2.10. The van der Waals surface area contributed by atoms with Crippen molar-refractivity contribution in [1.82, 2.24) is 9.97 Å². The van der Waals surface area contributed by atoms with Crippen molar-refractivity contribution in [2.24, 2.45) is 0 Å². The first-order valence-electron chi connectivity index (χ1n) is 7.58. The van der Waals surface area contributed by atoms with Crippen LogP contribution in [0.15, 0.2) is 54.9 Å². The number of anilines is 2. The van der Waals surface area contributed by atoms with E-state index < -0.39 is 0 Å². The summed E-state index contributed by atoms with van der Waals surface area (Å²) in [6.45, 7) is 0.437. The number of rotatable bonds is 5. The van der Waals surface area contributed by atoms with Crippen LogP contribution in [0.5, 0.6) is 0 Å². The van der Waals surface area contributed by atoms with Gasteiger partial charge in [-0.2, -0.15) is 0 Å². The molecule has 0 atom stereocenters. The lowest BCUT2D eigenvalue weighted by atomic mass is 10.2. The largest absolute Gasteiger partial charge is 0.350 e. The van der Waals surface area contributed by atoms with Crippen LogP contribution in [0, 0.1) is 5.82 Å². The minimum atomic E-state index is -0.390. The molecule has 0 fully saturated rings. The van der Waals surface area contributed by atoms with Gasteiger partial charge in [0, 0.05) is 24.0 Å². The first-order valence-corrected chi connectivity index (χ1v) is 8.33. The highest BCUT2D eigenvalue weighted by molar-refractivity contribution is 6.36. The molecule has 0 bridgehead atoms. The molecule has 2 N–H and O–H groups in total. The fraction of sp³-hybridized carbons (Fsp3) is 0.0556. The zero-order chi connectivity index (χ0) is 18.5. The van der Waals surface area contributed by atoms with E-state index in [0.29, 0.717) is 28.2 Å². The lowest BCUT2D eigenvalue weighted by Crippen LogP contribution is -2.13. The van der Waals surface area contributed by atoms with Crippen molar-refractivity contribution in [2.75, 3.05) is 10.6 Å². The van der Waals surface area contributed by atoms with Gasteiger partial charge in [-0.3, -0.25) is 4.79 Å². The third kappa shape index (κ3) is 4.68. The molecule has 0 saturated carbocycles. The van der Waals surface area contributed by atoms with Gasteiger partial charge in [-0.1, -0.05) is 35.3 Å². The number of aromatic nitrogens is 2. The van der Waals surface area contributed by atoms with Gasteiger partial charge >= 0.3 is 0 Å². The predicted octanol–water partition coefficient (Wildman–Crippen LogP) is 4.79. The number of benzene rings is 2. The first-order chi connectivity index (χ1) is 12.5. The molecular weight excluding hydrogens is 378 g/mol. The Bertz CT molecular complexity index is 917. The molecule has 26 heavy (non-hydrogen) atoms. The van der Waals surface area contributed by atoms with Crippen molar-refractivity contribution in [1.29, 1.82) is 0 Å². The second-order valence-electron chi connectivity index (χ2n) is 5.35. The summed E-state index contributed by atoms with van der Waals surface area (Å²) < 4.78 is 12.9. The topological polar surface area (TPSA) is 66.9 Å². The number of nitrogens with one attached hydrogen (secondary N) is 2. The van der Waals surface area contributed by atoms with Gasteiger partial charge in [0.05, 0.1) is 16.3 Å². The van der Waals surface area contributed by atoms with Crippen LogP contribution in [0.3, 0.4) is 0 Å². The number of nitrogens with zero attached hydrogens (tertiary/aromatic N) is 2. The number of amides is 1. The smallest absolute Gasteiger partial charge is 0.258 e. The predicted molar refractivity (Wildman–Crippen MR) is 100 cm³/mol. The molecule has 0 aliphatic heterocycles. The second kappa shape index (κ2) is 8.12. The summed E-state index contributed by atoms with van der Waals surface area (Å²) in [5, 5.41) is 6.49. The van der Waals surface area contributed by atoms with Gasteiger partial charge in [0.1, 0.15) is 5.82 Å². The standard InChI is InChI=1S/C18H13Cl2FN4O/c19-13-3-6-16(15(20)7-13)25-17(26)12-9-23-18(24-10-12)22-8-11-1-4-14(21)5-2-11/h1-7,9-10H,8H2,(H,25,26)(H,22,23,24). The third-order valence-electron chi connectivity index (χ3n) is 3.46. The summed E-state index contributed by atoms with van der Waals surface area (Å²) in [4.78, 5) is 20.4. The van der Waals surface area contributed by atoms with Gasteiger partial charge in [-0.15, -0.1) is 0 Å². The van der Waals surface area contributed by atoms with Crippen LogP contribution in [-0.4, -0.2) is 15.9 Å². The van der Waals surface area contributed by atoms with Crippen molar-refractivity contribution in [3.05, 3.63) is 81.8 Å². The summed E-state index contributed by atoms with van der Waals surface area (Å²) in [6, 6.07) is 10.9. The third-order valence-corrected chi connectivity index (χ3v) is 4.01. The first kappa shape index (κ1) is 18.1. The van der Waals surface area contributed by atoms with E-state index in [1.165, 1.54) is 30.6 Å². The lowest BCUT2D eigenvalue weighted by Gasteiger charge is -2.08. The molecule has 0 aliphatic carbocycles. The normalized spacial score (nSPS) is 10.4. The zero-order valence-electron chi connectivity index (χ0n) is 13.3. The summed E-state index contributed by atoms with van der Waals surface area (Å²) in [6.07, 6.45) is 2.80. The van der Waals surface area contributed by atoms with Crippen LogP contribution in [0.25, 0.3) is 0 Å². The summed E-state index contributed by atoms with van der Waals surface area (Å²) in [5.41, 5.74) is 1.61. The van der Waals surface area contributed by atoms with Gasteiger partial charge in [0.15, 0.2) is 0 Å². The molecular formula is C18H13Cl2FN4O. The molecule has 0 saturated heterocycles. The Morgan fingerprint density at radius 2 is 1.73 bits per heavy atom. The van der Waals surface area contributed by atoms with Gasteiger partial charge in [-0.25, -0.2) is 14.4 Å². The average molecular weight is 391 g/mol. The van der Waals surface area contributed by atoms with Gasteiger partial charge in [-0.05, 0) is 35.9 Å². The SMILES string of the molecule is O=C(Nc1ccc(Cl)cc1Cl)c1cnc(NCc2ccc(F)cc2)nc1. The summed E-state index contributed by atoms with van der Waals surface area (Å²) in [5.74, 6) is -0.323. The van der Waals surface area contributed by atoms with Crippen LogP contribution in [0.4, 0.5) is 16.0 Å². The molecule has 1 amide bonds. The van der Waals surface area contributed by atoms with Crippen LogP contribution in [0.2, 0.25) is 10.0 Å². The average Bonchev–Trinajstić information content (AvgIpc) is 2.64. The molecule has 0 spiro atoms. The Balaban J connectivity index is 1.61. The van der Waals surface area contributed by atoms with Crippen LogP contribution >= 0.6 is 23.2 Å². The van der Waals surface area contributed by atoms with Crippen LogP contribution in [0.1, 0.15) is 15.9 Å². The quantitative estimate of drug-likeness (QED) is 0.657. The highest BCUT2D eigenvalue weighted by Crippen LogP contribution is 2.25. The molecule has 2 aromatic carbocycles. The maximum absolute atomic E-state index is 12.9. The molecule has 5 nitrogen and oxygen atoms in total. The fourth-order valence-electron chi connectivity index (χ4n) is 2.11. The van der Waals surface area contributed by atoms with Gasteiger partial charge < -0.3 is 10.6 Å². The molecule has 1 aromatic heterocycles. The molecule has 3 aromatic rings. The Morgan fingerprint density at radius 1 is 1.04 bits per heavy atom. The molecule has 0 unspecified atom stereocenters. The maximum atomic E-state index is 12.9. The Hall–Kier alpha value is -2.70. The van der Waals surface area contributed by atoms with E-state index in [1.54, 1.807) is 24.3 Å². The lowest BCUT2D eigenvalue weighted by molar-refractivity contribution is 0.102. The minimum absolute atomic E-state index is 0.281. The maximum Gasteiger partial charge on any atom is 0.258 e. The van der Waals surface area contributed by atoms with E-state index in [-0.39, 0.29) is 17.3 Å². The number of halogens is 3. The molecule has 1 heterocycles. The molecule has 3 rings (SSSR count). The highest BCUT2D eigenvalue weighted by atomic mass is 35.5. The van der Waals surface area contributed by atoms with E-state index in [4.69, 9.17) is 23.2 Å². The zero-order valence-corrected chi connectivity index (χ0v) is 14.9. The fourth-order valence-corrected chi connectivity index (χ4v) is 2.56. The molecule has 0 radical (unpaired) electrons. The summed E-state index contributed by atoms with van der Waals surface area (Å²) in [7, 11) is 0. The van der Waals surface area contributed by atoms with E-state index in [9.17, 15) is 9.18 Å². The van der Waals surface area contributed by atoms with E-state index >= 15 is 0 Å². The molecule has 8 heteroatoms. The van der Waals surface area contributed by atoms with E-state index in [0.717, 1.165) is 5.56 Å². The van der Waals surface area contributed by atoms with Crippen LogP contribution < -0.4 is 10.6 Å². The monoisotopic (exact) mass is 390 g/mol. The van der Waals surface area contributed by atoms with Crippen molar-refractivity contribution in [2.45, 2.75) is 6.54 Å².